The molecule has 82 valence electrons. The molecule has 1 aromatic carbocycles. The summed E-state index contributed by atoms with van der Waals surface area (Å²) in [7, 11) is 0. The first-order valence-electron chi connectivity index (χ1n) is 3.92. The van der Waals surface area contributed by atoms with E-state index in [1.807, 2.05) is 24.3 Å². The predicted molar refractivity (Wildman–Crippen MR) is 66.7 cm³/mol. The molecule has 0 saturated heterocycles. The Kier molecular flexibility index (Phi) is 9.78. The number of nitrogens with two attached hydrogens (primary N) is 2. The second kappa shape index (κ2) is 8.33. The van der Waals surface area contributed by atoms with Crippen LogP contribution in [0.3, 0.4) is 0 Å². The van der Waals surface area contributed by atoms with Crippen molar-refractivity contribution in [2.45, 2.75) is 12.5 Å². The minimum atomic E-state index is 0. The SMILES string of the molecule is Cl.Cl.NC[C@@H](N)Cc1ccc(Cl)cc1. The van der Waals surface area contributed by atoms with Crippen LogP contribution in [-0.2, 0) is 6.42 Å². The van der Waals surface area contributed by atoms with E-state index in [0.29, 0.717) is 6.54 Å². The Balaban J connectivity index is 0. The van der Waals surface area contributed by atoms with Crippen molar-refractivity contribution in [2.24, 2.45) is 11.5 Å². The third-order valence-corrected chi connectivity index (χ3v) is 1.97. The molecule has 0 aromatic heterocycles. The van der Waals surface area contributed by atoms with Crippen molar-refractivity contribution in [3.05, 3.63) is 34.9 Å². The number of hydrogen-bond acceptors (Lipinski definition) is 2. The minimum Gasteiger partial charge on any atom is -0.329 e. The van der Waals surface area contributed by atoms with Crippen LogP contribution < -0.4 is 11.5 Å². The average Bonchev–Trinajstić information content (AvgIpc) is 2.09. The minimum absolute atomic E-state index is 0. The average molecular weight is 258 g/mol. The van der Waals surface area contributed by atoms with Crippen molar-refractivity contribution in [3.8, 4) is 0 Å². The van der Waals surface area contributed by atoms with Gasteiger partial charge in [-0.1, -0.05) is 23.7 Å². The molecular weight excluding hydrogens is 242 g/mol. The lowest BCUT2D eigenvalue weighted by molar-refractivity contribution is 0.678. The second-order valence-electron chi connectivity index (χ2n) is 2.83. The highest BCUT2D eigenvalue weighted by Crippen LogP contribution is 2.10. The quantitative estimate of drug-likeness (QED) is 0.870. The summed E-state index contributed by atoms with van der Waals surface area (Å²) in [5, 5.41) is 0.750. The smallest absolute Gasteiger partial charge is 0.0406 e. The van der Waals surface area contributed by atoms with Crippen molar-refractivity contribution in [1.29, 1.82) is 0 Å². The summed E-state index contributed by atoms with van der Waals surface area (Å²) in [6.07, 6.45) is 0.813. The maximum absolute atomic E-state index is 5.73. The summed E-state index contributed by atoms with van der Waals surface area (Å²) in [6.45, 7) is 0.516. The zero-order valence-electron chi connectivity index (χ0n) is 7.65. The fourth-order valence-electron chi connectivity index (χ4n) is 1.01. The normalized spacial score (nSPS) is 11.1. The fourth-order valence-corrected chi connectivity index (χ4v) is 1.13. The van der Waals surface area contributed by atoms with E-state index in [4.69, 9.17) is 23.1 Å². The highest BCUT2D eigenvalue weighted by atomic mass is 35.5. The van der Waals surface area contributed by atoms with E-state index in [2.05, 4.69) is 0 Å². The monoisotopic (exact) mass is 256 g/mol. The maximum Gasteiger partial charge on any atom is 0.0406 e. The summed E-state index contributed by atoms with van der Waals surface area (Å²) < 4.78 is 0. The molecule has 0 bridgehead atoms. The van der Waals surface area contributed by atoms with Crippen LogP contribution in [0.5, 0.6) is 0 Å². The molecule has 0 aliphatic carbocycles. The van der Waals surface area contributed by atoms with E-state index in [9.17, 15) is 0 Å². The van der Waals surface area contributed by atoms with E-state index in [1.165, 1.54) is 5.56 Å². The number of benzene rings is 1. The first kappa shape index (κ1) is 16.4. The van der Waals surface area contributed by atoms with Gasteiger partial charge in [0.15, 0.2) is 0 Å². The molecule has 1 rings (SSSR count). The maximum atomic E-state index is 5.73. The van der Waals surface area contributed by atoms with Gasteiger partial charge in [-0.3, -0.25) is 0 Å². The highest BCUT2D eigenvalue weighted by Gasteiger charge is 2.00. The van der Waals surface area contributed by atoms with Crippen LogP contribution in [0.25, 0.3) is 0 Å². The van der Waals surface area contributed by atoms with E-state index in [1.54, 1.807) is 0 Å². The van der Waals surface area contributed by atoms with Crippen LogP contribution in [0.4, 0.5) is 0 Å². The molecule has 0 spiro atoms. The lowest BCUT2D eigenvalue weighted by Gasteiger charge is -2.07. The Labute approximate surface area is 102 Å². The summed E-state index contributed by atoms with van der Waals surface area (Å²) in [4.78, 5) is 0. The van der Waals surface area contributed by atoms with Gasteiger partial charge < -0.3 is 11.5 Å². The number of hydrogen-bond donors (Lipinski definition) is 2. The molecule has 0 radical (unpaired) electrons. The first-order chi connectivity index (χ1) is 5.72. The van der Waals surface area contributed by atoms with Gasteiger partial charge in [-0.05, 0) is 24.1 Å². The Bertz CT molecular complexity index is 238. The zero-order valence-corrected chi connectivity index (χ0v) is 10.0. The van der Waals surface area contributed by atoms with Gasteiger partial charge in [0.05, 0.1) is 0 Å². The lowest BCUT2D eigenvalue weighted by Crippen LogP contribution is -2.31. The number of rotatable bonds is 3. The number of halogens is 3. The van der Waals surface area contributed by atoms with Crippen LogP contribution >= 0.6 is 36.4 Å². The van der Waals surface area contributed by atoms with Crippen molar-refractivity contribution in [3.63, 3.8) is 0 Å². The Hall–Kier alpha value is 0.01000. The zero-order chi connectivity index (χ0) is 8.97. The summed E-state index contributed by atoms with van der Waals surface area (Å²) in [5.74, 6) is 0. The first-order valence-corrected chi connectivity index (χ1v) is 4.30. The van der Waals surface area contributed by atoms with Gasteiger partial charge in [-0.2, -0.15) is 0 Å². The molecule has 0 amide bonds. The van der Waals surface area contributed by atoms with Gasteiger partial charge in [0.1, 0.15) is 0 Å². The summed E-state index contributed by atoms with van der Waals surface area (Å²) in [5.41, 5.74) is 12.3. The highest BCUT2D eigenvalue weighted by molar-refractivity contribution is 6.30. The summed E-state index contributed by atoms with van der Waals surface area (Å²) >= 11 is 5.73. The standard InChI is InChI=1S/C9H13ClN2.2ClH/c10-8-3-1-7(2-4-8)5-9(12)6-11;;/h1-4,9H,5-6,11-12H2;2*1H/t9-;;/m0../s1. The molecule has 5 heteroatoms. The molecule has 0 unspecified atom stereocenters. The Morgan fingerprint density at radius 1 is 1.14 bits per heavy atom. The molecule has 0 aliphatic heterocycles. The molecule has 0 aliphatic rings. The molecule has 2 nitrogen and oxygen atoms in total. The largest absolute Gasteiger partial charge is 0.329 e. The van der Waals surface area contributed by atoms with Crippen LogP contribution in [0.15, 0.2) is 24.3 Å². The molecule has 14 heavy (non-hydrogen) atoms. The van der Waals surface area contributed by atoms with Gasteiger partial charge in [-0.25, -0.2) is 0 Å². The predicted octanol–water partition coefficient (Wildman–Crippen LogP) is 2.01. The van der Waals surface area contributed by atoms with E-state index < -0.39 is 0 Å². The van der Waals surface area contributed by atoms with Gasteiger partial charge in [0, 0.05) is 17.6 Å². The van der Waals surface area contributed by atoms with Gasteiger partial charge >= 0.3 is 0 Å². The molecule has 1 aromatic rings. The molecule has 4 N–H and O–H groups in total. The van der Waals surface area contributed by atoms with E-state index in [-0.39, 0.29) is 30.9 Å². The lowest BCUT2D eigenvalue weighted by atomic mass is 10.1. The van der Waals surface area contributed by atoms with Gasteiger partial charge in [0.25, 0.3) is 0 Å². The topological polar surface area (TPSA) is 52.0 Å². The van der Waals surface area contributed by atoms with Crippen molar-refractivity contribution in [2.75, 3.05) is 6.54 Å². The van der Waals surface area contributed by atoms with Crippen LogP contribution in [0.2, 0.25) is 5.02 Å². The molecule has 0 heterocycles. The van der Waals surface area contributed by atoms with Crippen LogP contribution in [-0.4, -0.2) is 12.6 Å². The van der Waals surface area contributed by atoms with Crippen LogP contribution in [0.1, 0.15) is 5.56 Å². The third kappa shape index (κ3) is 5.68. The molecule has 0 saturated carbocycles. The van der Waals surface area contributed by atoms with Crippen LogP contribution in [0, 0.1) is 0 Å². The Morgan fingerprint density at radius 3 is 2.07 bits per heavy atom. The molecule has 0 fully saturated rings. The fraction of sp³-hybridized carbons (Fsp3) is 0.333. The van der Waals surface area contributed by atoms with Crippen molar-refractivity contribution < 1.29 is 0 Å². The molecular formula is C9H15Cl3N2. The Morgan fingerprint density at radius 2 is 1.64 bits per heavy atom. The van der Waals surface area contributed by atoms with Crippen molar-refractivity contribution >= 4 is 36.4 Å². The second-order valence-corrected chi connectivity index (χ2v) is 3.26. The van der Waals surface area contributed by atoms with Gasteiger partial charge in [0.2, 0.25) is 0 Å². The van der Waals surface area contributed by atoms with E-state index >= 15 is 0 Å². The van der Waals surface area contributed by atoms with Crippen molar-refractivity contribution in [1.82, 2.24) is 0 Å². The van der Waals surface area contributed by atoms with Gasteiger partial charge in [-0.15, -0.1) is 24.8 Å². The summed E-state index contributed by atoms with van der Waals surface area (Å²) in [6, 6.07) is 7.71. The molecule has 1 atom stereocenters. The van der Waals surface area contributed by atoms with E-state index in [0.717, 1.165) is 11.4 Å². The third-order valence-electron chi connectivity index (χ3n) is 1.71.